The first kappa shape index (κ1) is 16.8. The molecule has 1 aromatic carbocycles. The summed E-state index contributed by atoms with van der Waals surface area (Å²) in [5.41, 5.74) is 4.94. The number of halogens is 6. The van der Waals surface area contributed by atoms with Gasteiger partial charge in [-0.1, -0.05) is 15.9 Å². The molecule has 19 heavy (non-hydrogen) atoms. The van der Waals surface area contributed by atoms with Crippen molar-refractivity contribution in [3.8, 4) is 5.75 Å². The van der Waals surface area contributed by atoms with E-state index in [0.29, 0.717) is 8.95 Å². The highest BCUT2D eigenvalue weighted by Crippen LogP contribution is 2.37. The lowest BCUT2D eigenvalue weighted by atomic mass is 10.1. The minimum absolute atomic E-state index is 0.221. The van der Waals surface area contributed by atoms with Crippen molar-refractivity contribution in [1.29, 1.82) is 5.41 Å². The number of amidine groups is 1. The van der Waals surface area contributed by atoms with Gasteiger partial charge in [0.25, 0.3) is 0 Å². The zero-order valence-electron chi connectivity index (χ0n) is 9.19. The second-order valence-electron chi connectivity index (χ2n) is 3.56. The number of ether oxygens (including phenoxy) is 1. The van der Waals surface area contributed by atoms with Crippen LogP contribution in [-0.4, -0.2) is 18.6 Å². The molecule has 0 spiro atoms. The summed E-state index contributed by atoms with van der Waals surface area (Å²) in [6, 6.07) is 3.27. The van der Waals surface area contributed by atoms with Gasteiger partial charge in [0.2, 0.25) is 0 Å². The first-order chi connectivity index (χ1) is 8.62. The van der Waals surface area contributed by atoms with Gasteiger partial charge in [-0.25, -0.2) is 0 Å². The Morgan fingerprint density at radius 3 is 2.11 bits per heavy atom. The third-order valence-corrected chi connectivity index (χ3v) is 3.76. The summed E-state index contributed by atoms with van der Waals surface area (Å²) in [6.45, 7) is -0.752. The molecule has 106 valence electrons. The molecule has 0 bridgehead atoms. The van der Waals surface area contributed by atoms with Crippen LogP contribution in [0.2, 0.25) is 0 Å². The average molecular weight is 469 g/mol. The Morgan fingerprint density at radius 2 is 1.74 bits per heavy atom. The standard InChI is InChI=1S/C10H8Br3F3N2O/c11-4-1-6(12)8(7(13)2-4)19-3-5(9(17)18)10(14,15)16/h1-2,5H,3H2,(H3,17,18). The number of nitrogens with two attached hydrogens (primary N) is 1. The Balaban J connectivity index is 2.90. The Bertz CT molecular complexity index is 470. The van der Waals surface area contributed by atoms with E-state index in [1.807, 2.05) is 0 Å². The van der Waals surface area contributed by atoms with E-state index in [9.17, 15) is 13.2 Å². The lowest BCUT2D eigenvalue weighted by Gasteiger charge is -2.20. The van der Waals surface area contributed by atoms with Crippen molar-refractivity contribution >= 4 is 53.6 Å². The van der Waals surface area contributed by atoms with E-state index in [1.54, 1.807) is 12.1 Å². The van der Waals surface area contributed by atoms with Crippen LogP contribution in [0.1, 0.15) is 0 Å². The second kappa shape index (κ2) is 6.45. The molecular weight excluding hydrogens is 461 g/mol. The Morgan fingerprint density at radius 1 is 1.26 bits per heavy atom. The summed E-state index contributed by atoms with van der Waals surface area (Å²) >= 11 is 9.60. The van der Waals surface area contributed by atoms with Crippen molar-refractivity contribution in [1.82, 2.24) is 0 Å². The van der Waals surface area contributed by atoms with Crippen molar-refractivity contribution < 1.29 is 17.9 Å². The fourth-order valence-electron chi connectivity index (χ4n) is 1.19. The lowest BCUT2D eigenvalue weighted by Crippen LogP contribution is -2.39. The van der Waals surface area contributed by atoms with Gasteiger partial charge >= 0.3 is 6.18 Å². The quantitative estimate of drug-likeness (QED) is 0.506. The van der Waals surface area contributed by atoms with Crippen molar-refractivity contribution in [3.05, 3.63) is 25.6 Å². The Labute approximate surface area is 132 Å². The van der Waals surface area contributed by atoms with E-state index in [1.165, 1.54) is 0 Å². The summed E-state index contributed by atoms with van der Waals surface area (Å²) < 4.78 is 44.6. The van der Waals surface area contributed by atoms with E-state index in [2.05, 4.69) is 47.8 Å². The lowest BCUT2D eigenvalue weighted by molar-refractivity contribution is -0.162. The molecule has 1 unspecified atom stereocenters. The molecule has 3 nitrogen and oxygen atoms in total. The van der Waals surface area contributed by atoms with Gasteiger partial charge in [0.1, 0.15) is 24.1 Å². The third-order valence-electron chi connectivity index (χ3n) is 2.13. The third kappa shape index (κ3) is 4.64. The highest BCUT2D eigenvalue weighted by molar-refractivity contribution is 9.11. The number of nitrogens with one attached hydrogen (secondary N) is 1. The zero-order chi connectivity index (χ0) is 14.8. The average Bonchev–Trinajstić information content (AvgIpc) is 2.18. The topological polar surface area (TPSA) is 59.1 Å². The van der Waals surface area contributed by atoms with Crippen LogP contribution in [0.5, 0.6) is 5.75 Å². The van der Waals surface area contributed by atoms with Gasteiger partial charge in [0.05, 0.1) is 8.95 Å². The number of alkyl halides is 3. The summed E-state index contributed by atoms with van der Waals surface area (Å²) in [7, 11) is 0. The Hall–Kier alpha value is -0.280. The van der Waals surface area contributed by atoms with E-state index in [4.69, 9.17) is 15.9 Å². The molecule has 0 fully saturated rings. The molecule has 0 aromatic heterocycles. The smallest absolute Gasteiger partial charge is 0.401 e. The van der Waals surface area contributed by atoms with Crippen LogP contribution in [0.25, 0.3) is 0 Å². The predicted octanol–water partition coefficient (Wildman–Crippen LogP) is 4.47. The summed E-state index contributed by atoms with van der Waals surface area (Å²) in [6.07, 6.45) is -4.61. The number of rotatable bonds is 4. The highest BCUT2D eigenvalue weighted by Gasteiger charge is 2.42. The van der Waals surface area contributed by atoms with Crippen molar-refractivity contribution in [2.75, 3.05) is 6.61 Å². The maximum absolute atomic E-state index is 12.6. The molecule has 1 rings (SSSR count). The molecule has 0 aliphatic carbocycles. The summed E-state index contributed by atoms with van der Waals surface area (Å²) in [5.74, 6) is -2.88. The van der Waals surface area contributed by atoms with Gasteiger partial charge < -0.3 is 10.5 Å². The fraction of sp³-hybridized carbons (Fsp3) is 0.300. The van der Waals surface area contributed by atoms with Crippen LogP contribution >= 0.6 is 47.8 Å². The summed E-state index contributed by atoms with van der Waals surface area (Å²) in [4.78, 5) is 0. The molecular formula is C10H8Br3F3N2O. The predicted molar refractivity (Wildman–Crippen MR) is 76.5 cm³/mol. The van der Waals surface area contributed by atoms with Crippen LogP contribution in [0.4, 0.5) is 13.2 Å². The molecule has 0 aliphatic heterocycles. The molecule has 0 saturated carbocycles. The van der Waals surface area contributed by atoms with Gasteiger partial charge in [-0.15, -0.1) is 0 Å². The number of hydrogen-bond donors (Lipinski definition) is 2. The first-order valence-corrected chi connectivity index (χ1v) is 7.18. The molecule has 1 aromatic rings. The normalized spacial score (nSPS) is 13.2. The molecule has 0 heterocycles. The Kier molecular flexibility index (Phi) is 5.69. The molecule has 3 N–H and O–H groups in total. The number of hydrogen-bond acceptors (Lipinski definition) is 2. The van der Waals surface area contributed by atoms with Crippen molar-refractivity contribution in [3.63, 3.8) is 0 Å². The highest BCUT2D eigenvalue weighted by atomic mass is 79.9. The van der Waals surface area contributed by atoms with Gasteiger partial charge in [0.15, 0.2) is 0 Å². The van der Waals surface area contributed by atoms with E-state index < -0.39 is 24.5 Å². The van der Waals surface area contributed by atoms with E-state index in [-0.39, 0.29) is 5.75 Å². The minimum atomic E-state index is -4.61. The molecule has 9 heteroatoms. The monoisotopic (exact) mass is 466 g/mol. The first-order valence-electron chi connectivity index (χ1n) is 4.81. The van der Waals surface area contributed by atoms with Gasteiger partial charge in [-0.05, 0) is 44.0 Å². The van der Waals surface area contributed by atoms with Gasteiger partial charge in [0, 0.05) is 4.47 Å². The van der Waals surface area contributed by atoms with Crippen LogP contribution in [0.15, 0.2) is 25.6 Å². The van der Waals surface area contributed by atoms with Crippen molar-refractivity contribution in [2.24, 2.45) is 11.7 Å². The van der Waals surface area contributed by atoms with Crippen molar-refractivity contribution in [2.45, 2.75) is 6.18 Å². The van der Waals surface area contributed by atoms with Crippen LogP contribution < -0.4 is 10.5 Å². The van der Waals surface area contributed by atoms with E-state index in [0.717, 1.165) is 4.47 Å². The van der Waals surface area contributed by atoms with E-state index >= 15 is 0 Å². The van der Waals surface area contributed by atoms with Gasteiger partial charge in [-0.2, -0.15) is 13.2 Å². The largest absolute Gasteiger partial charge is 0.490 e. The minimum Gasteiger partial charge on any atom is -0.490 e. The maximum atomic E-state index is 12.6. The maximum Gasteiger partial charge on any atom is 0.401 e. The molecule has 0 radical (unpaired) electrons. The van der Waals surface area contributed by atoms with Crippen LogP contribution in [0.3, 0.4) is 0 Å². The molecule has 0 aliphatic rings. The summed E-state index contributed by atoms with van der Waals surface area (Å²) in [5, 5.41) is 6.96. The SMILES string of the molecule is N=C(N)C(COc1c(Br)cc(Br)cc1Br)C(F)(F)F. The zero-order valence-corrected chi connectivity index (χ0v) is 14.0. The second-order valence-corrected chi connectivity index (χ2v) is 6.18. The molecule has 1 atom stereocenters. The van der Waals surface area contributed by atoms with Crippen LogP contribution in [0, 0.1) is 11.3 Å². The van der Waals surface area contributed by atoms with Gasteiger partial charge in [-0.3, -0.25) is 5.41 Å². The fourth-order valence-corrected chi connectivity index (χ4v) is 3.68. The molecule has 0 saturated heterocycles. The molecule has 0 amide bonds. The number of benzene rings is 1. The van der Waals surface area contributed by atoms with Crippen LogP contribution in [-0.2, 0) is 0 Å².